The van der Waals surface area contributed by atoms with Gasteiger partial charge in [0.05, 0.1) is 22.1 Å². The molecule has 242 valence electrons. The minimum absolute atomic E-state index is 0.0198. The maximum atomic E-state index is 15.2. The molecule has 1 aliphatic heterocycles. The molecule has 4 aromatic rings. The highest BCUT2D eigenvalue weighted by atomic mass is 32.2. The van der Waals surface area contributed by atoms with Gasteiger partial charge in [-0.15, -0.1) is 0 Å². The quantitative estimate of drug-likeness (QED) is 0.303. The summed E-state index contributed by atoms with van der Waals surface area (Å²) in [4.78, 5) is 56.8. The van der Waals surface area contributed by atoms with E-state index in [0.717, 1.165) is 16.7 Å². The number of anilines is 1. The number of nitrogens with zero attached hydrogens (tertiary/aromatic N) is 4. The Morgan fingerprint density at radius 2 is 1.78 bits per heavy atom. The van der Waals surface area contributed by atoms with Crippen LogP contribution in [0.4, 0.5) is 14.5 Å². The Bertz CT molecular complexity index is 2120. The standard InChI is InChI=1S/C31H31F2N5O7S/c1-16-15-38(10-11-46(16,44)45)19-13-22(32)26(23(33)14-19)28(39)35-24(30(41)42)12-18-7-8-21(27-20(18)6-5-9-34-27)25-17(2)36(3)31(43)37(4)29(25)40/h5-9,13-14,16,24H,10-12,15H2,1-4H3,(H,35,39)(H,41,42)/t16-,24+/m1/s1. The molecule has 3 heterocycles. The molecule has 0 unspecified atom stereocenters. The zero-order valence-electron chi connectivity index (χ0n) is 25.4. The van der Waals surface area contributed by atoms with Gasteiger partial charge in [0, 0.05) is 62.1 Å². The Kier molecular flexibility index (Phi) is 8.55. The summed E-state index contributed by atoms with van der Waals surface area (Å²) in [7, 11) is -0.420. The number of rotatable bonds is 7. The summed E-state index contributed by atoms with van der Waals surface area (Å²) < 4.78 is 56.7. The monoisotopic (exact) mass is 655 g/mol. The van der Waals surface area contributed by atoms with E-state index >= 15 is 8.78 Å². The molecule has 0 spiro atoms. The molecule has 5 rings (SSSR count). The lowest BCUT2D eigenvalue weighted by atomic mass is 9.95. The zero-order chi connectivity index (χ0) is 33.7. The Hall–Kier alpha value is -4.92. The smallest absolute Gasteiger partial charge is 0.330 e. The van der Waals surface area contributed by atoms with Crippen LogP contribution in [0.2, 0.25) is 0 Å². The maximum absolute atomic E-state index is 15.2. The van der Waals surface area contributed by atoms with Gasteiger partial charge < -0.3 is 19.9 Å². The second-order valence-corrected chi connectivity index (χ2v) is 13.9. The molecular formula is C31H31F2N5O7S. The summed E-state index contributed by atoms with van der Waals surface area (Å²) in [6.07, 6.45) is 1.20. The lowest BCUT2D eigenvalue weighted by Gasteiger charge is -2.32. The number of fused-ring (bicyclic) bond motifs is 1. The highest BCUT2D eigenvalue weighted by Gasteiger charge is 2.32. The van der Waals surface area contributed by atoms with Crippen molar-refractivity contribution in [3.8, 4) is 11.1 Å². The number of nitrogens with one attached hydrogen (secondary N) is 1. The minimum atomic E-state index is -3.31. The van der Waals surface area contributed by atoms with Gasteiger partial charge in [0.15, 0.2) is 9.84 Å². The minimum Gasteiger partial charge on any atom is -0.480 e. The van der Waals surface area contributed by atoms with Gasteiger partial charge in [0.2, 0.25) is 0 Å². The van der Waals surface area contributed by atoms with Gasteiger partial charge in [-0.2, -0.15) is 0 Å². The Labute approximate surface area is 261 Å². The fourth-order valence-corrected chi connectivity index (χ4v) is 6.95. The SMILES string of the molecule is Cc1c(-c2ccc(C[C@H](NC(=O)c3c(F)cc(N4CCS(=O)(=O)[C@H](C)C4)cc3F)C(=O)O)c3cccnc23)c(=O)n(C)c(=O)n1C. The molecule has 46 heavy (non-hydrogen) atoms. The molecule has 0 radical (unpaired) electrons. The lowest BCUT2D eigenvalue weighted by molar-refractivity contribution is -0.139. The summed E-state index contributed by atoms with van der Waals surface area (Å²) in [5, 5.41) is 11.9. The van der Waals surface area contributed by atoms with Gasteiger partial charge in [-0.05, 0) is 37.6 Å². The van der Waals surface area contributed by atoms with Crippen molar-refractivity contribution in [2.24, 2.45) is 14.1 Å². The number of benzene rings is 2. The first-order chi connectivity index (χ1) is 21.6. The summed E-state index contributed by atoms with van der Waals surface area (Å²) in [5.41, 5.74) is -0.136. The summed E-state index contributed by atoms with van der Waals surface area (Å²) in [6.45, 7) is 3.17. The van der Waals surface area contributed by atoms with Gasteiger partial charge >= 0.3 is 11.7 Å². The van der Waals surface area contributed by atoms with Gasteiger partial charge in [0.25, 0.3) is 11.5 Å². The number of carbonyl (C=O) groups excluding carboxylic acids is 1. The first-order valence-electron chi connectivity index (χ1n) is 14.2. The number of sulfone groups is 1. The van der Waals surface area contributed by atoms with Gasteiger partial charge in [-0.25, -0.2) is 26.8 Å². The molecule has 2 atom stereocenters. The Morgan fingerprint density at radius 3 is 2.41 bits per heavy atom. The van der Waals surface area contributed by atoms with E-state index in [-0.39, 0.29) is 36.5 Å². The second kappa shape index (κ2) is 12.1. The molecule has 0 saturated carbocycles. The van der Waals surface area contributed by atoms with E-state index in [4.69, 9.17) is 0 Å². The van der Waals surface area contributed by atoms with Crippen LogP contribution in [0, 0.1) is 18.6 Å². The van der Waals surface area contributed by atoms with Crippen LogP contribution in [0.1, 0.15) is 28.5 Å². The van der Waals surface area contributed by atoms with E-state index in [1.54, 1.807) is 31.2 Å². The van der Waals surface area contributed by atoms with Crippen molar-refractivity contribution < 1.29 is 31.9 Å². The fourth-order valence-electron chi connectivity index (χ4n) is 5.67. The van der Waals surface area contributed by atoms with Gasteiger partial charge in [-0.1, -0.05) is 18.2 Å². The van der Waals surface area contributed by atoms with Crippen LogP contribution in [-0.2, 0) is 35.1 Å². The summed E-state index contributed by atoms with van der Waals surface area (Å²) >= 11 is 0. The molecule has 2 N–H and O–H groups in total. The summed E-state index contributed by atoms with van der Waals surface area (Å²) in [5.74, 6) is -5.39. The number of halogens is 2. The maximum Gasteiger partial charge on any atom is 0.330 e. The van der Waals surface area contributed by atoms with E-state index in [0.29, 0.717) is 27.7 Å². The number of pyridine rings is 1. The third-order valence-electron chi connectivity index (χ3n) is 8.47. The fraction of sp³-hybridized carbons (Fsp3) is 0.323. The van der Waals surface area contributed by atoms with Crippen LogP contribution >= 0.6 is 0 Å². The molecule has 2 aromatic carbocycles. The number of amides is 1. The number of carbonyl (C=O) groups is 2. The molecule has 0 aliphatic carbocycles. The van der Waals surface area contributed by atoms with Crippen molar-refractivity contribution in [2.75, 3.05) is 23.7 Å². The zero-order valence-corrected chi connectivity index (χ0v) is 26.2. The largest absolute Gasteiger partial charge is 0.480 e. The highest BCUT2D eigenvalue weighted by Crippen LogP contribution is 2.30. The van der Waals surface area contributed by atoms with Crippen LogP contribution in [0.3, 0.4) is 0 Å². The molecule has 2 aromatic heterocycles. The predicted molar refractivity (Wildman–Crippen MR) is 167 cm³/mol. The van der Waals surface area contributed by atoms with Gasteiger partial charge in [-0.3, -0.25) is 19.1 Å². The third-order valence-corrected chi connectivity index (χ3v) is 10.6. The van der Waals surface area contributed by atoms with Crippen LogP contribution in [-0.4, -0.2) is 69.7 Å². The van der Waals surface area contributed by atoms with Gasteiger partial charge in [0.1, 0.15) is 23.2 Å². The number of aliphatic carboxylic acids is 1. The molecule has 1 fully saturated rings. The van der Waals surface area contributed by atoms with Crippen LogP contribution in [0.5, 0.6) is 0 Å². The van der Waals surface area contributed by atoms with Crippen molar-refractivity contribution in [1.29, 1.82) is 0 Å². The molecule has 1 aliphatic rings. The van der Waals surface area contributed by atoms with E-state index in [2.05, 4.69) is 10.3 Å². The van der Waals surface area contributed by atoms with E-state index < -0.39 is 61.5 Å². The molecule has 1 saturated heterocycles. The van der Waals surface area contributed by atoms with Crippen molar-refractivity contribution in [3.05, 3.63) is 91.9 Å². The molecule has 0 bridgehead atoms. The molecule has 12 nitrogen and oxygen atoms in total. The lowest BCUT2D eigenvalue weighted by Crippen LogP contribution is -2.45. The first-order valence-corrected chi connectivity index (χ1v) is 16.0. The van der Waals surface area contributed by atoms with Crippen molar-refractivity contribution in [1.82, 2.24) is 19.4 Å². The molecule has 15 heteroatoms. The predicted octanol–water partition coefficient (Wildman–Crippen LogP) is 1.93. The summed E-state index contributed by atoms with van der Waals surface area (Å²) in [6, 6.07) is 6.64. The normalized spacial score (nSPS) is 16.7. The van der Waals surface area contributed by atoms with Crippen LogP contribution in [0.25, 0.3) is 22.0 Å². The number of aromatic nitrogens is 3. The molecular weight excluding hydrogens is 624 g/mol. The number of hydrogen-bond acceptors (Lipinski definition) is 8. The second-order valence-electron chi connectivity index (χ2n) is 11.3. The number of hydrogen-bond donors (Lipinski definition) is 2. The first kappa shape index (κ1) is 32.5. The number of carboxylic acid groups (broad SMARTS) is 1. The van der Waals surface area contributed by atoms with Crippen molar-refractivity contribution >= 4 is 38.3 Å². The molecule has 1 amide bonds. The van der Waals surface area contributed by atoms with Crippen molar-refractivity contribution in [3.63, 3.8) is 0 Å². The number of carboxylic acids is 1. The van der Waals surface area contributed by atoms with Crippen molar-refractivity contribution in [2.45, 2.75) is 31.6 Å². The van der Waals surface area contributed by atoms with E-state index in [1.807, 2.05) is 0 Å². The van der Waals surface area contributed by atoms with Crippen LogP contribution < -0.4 is 21.5 Å². The Balaban J connectivity index is 1.45. The Morgan fingerprint density at radius 1 is 1.11 bits per heavy atom. The van der Waals surface area contributed by atoms with E-state index in [1.165, 1.54) is 36.7 Å². The van der Waals surface area contributed by atoms with E-state index in [9.17, 15) is 32.7 Å². The third kappa shape index (κ3) is 5.77. The topological polar surface area (TPSA) is 161 Å². The highest BCUT2D eigenvalue weighted by molar-refractivity contribution is 7.92. The average Bonchev–Trinajstić information content (AvgIpc) is 3.00. The average molecular weight is 656 g/mol. The van der Waals surface area contributed by atoms with Crippen LogP contribution in [0.15, 0.2) is 52.2 Å².